The van der Waals surface area contributed by atoms with E-state index in [-0.39, 0.29) is 25.7 Å². The number of carbonyl (C=O) groups excluding carboxylic acids is 2. The normalized spacial score (nSPS) is 20.7. The van der Waals surface area contributed by atoms with Crippen LogP contribution in [0.5, 0.6) is 0 Å². The second kappa shape index (κ2) is 9.50. The van der Waals surface area contributed by atoms with Gasteiger partial charge in [-0.15, -0.1) is 0 Å². The fourth-order valence-corrected chi connectivity index (χ4v) is 4.54. The molecule has 162 valence electrons. The van der Waals surface area contributed by atoms with Gasteiger partial charge in [-0.3, -0.25) is 9.59 Å². The summed E-state index contributed by atoms with van der Waals surface area (Å²) < 4.78 is 21.8. The highest BCUT2D eigenvalue weighted by molar-refractivity contribution is 7.79. The van der Waals surface area contributed by atoms with Gasteiger partial charge in [0.2, 0.25) is 11.8 Å². The molecule has 0 saturated carbocycles. The number of amides is 2. The van der Waals surface area contributed by atoms with Crippen LogP contribution in [-0.2, 0) is 20.7 Å². The van der Waals surface area contributed by atoms with Crippen LogP contribution in [0.1, 0.15) is 18.9 Å². The molecular weight excluding hydrogens is 406 g/mol. The van der Waals surface area contributed by atoms with Crippen LogP contribution in [0, 0.1) is 6.92 Å². The first-order valence-corrected chi connectivity index (χ1v) is 11.0. The number of aryl methyl sites for hydroxylation is 1. The van der Waals surface area contributed by atoms with Crippen LogP contribution in [0.3, 0.4) is 0 Å². The lowest BCUT2D eigenvalue weighted by molar-refractivity contribution is -0.133. The van der Waals surface area contributed by atoms with Crippen molar-refractivity contribution in [2.75, 3.05) is 31.1 Å². The predicted molar refractivity (Wildman–Crippen MR) is 116 cm³/mol. The fraction of sp³-hybridized carbons (Fsp3) is 0.450. The number of rotatable bonds is 5. The smallest absolute Gasteiger partial charge is 0.243 e. The lowest BCUT2D eigenvalue weighted by Gasteiger charge is -2.31. The summed E-state index contributed by atoms with van der Waals surface area (Å²) in [5, 5.41) is 3.67. The molecule has 0 radical (unpaired) electrons. The highest BCUT2D eigenvalue weighted by Crippen LogP contribution is 2.30. The maximum atomic E-state index is 12.7. The summed E-state index contributed by atoms with van der Waals surface area (Å²) in [4.78, 5) is 32.2. The third kappa shape index (κ3) is 4.61. The van der Waals surface area contributed by atoms with Crippen LogP contribution < -0.4 is 16.0 Å². The zero-order valence-corrected chi connectivity index (χ0v) is 17.9. The van der Waals surface area contributed by atoms with E-state index in [0.717, 1.165) is 22.2 Å². The van der Waals surface area contributed by atoms with Crippen LogP contribution in [-0.4, -0.2) is 68.1 Å². The van der Waals surface area contributed by atoms with E-state index in [2.05, 4.69) is 15.2 Å². The number of nitrogens with zero attached hydrogens (tertiary/aromatic N) is 3. The number of aromatic nitrogens is 1. The van der Waals surface area contributed by atoms with E-state index < -0.39 is 28.3 Å². The molecule has 1 aliphatic heterocycles. The molecule has 0 spiro atoms. The van der Waals surface area contributed by atoms with Crippen molar-refractivity contribution in [2.24, 2.45) is 5.73 Å². The molecule has 2 heterocycles. The summed E-state index contributed by atoms with van der Waals surface area (Å²) in [6, 6.07) is 7.84. The van der Waals surface area contributed by atoms with E-state index >= 15 is 0 Å². The number of carbonyl (C=O) groups is 2. The van der Waals surface area contributed by atoms with Crippen molar-refractivity contribution in [1.29, 1.82) is 0 Å². The molecule has 10 heteroatoms. The molecule has 9 nitrogen and oxygen atoms in total. The number of nitrogens with two attached hydrogens (primary N) is 1. The largest absolute Gasteiger partial charge is 0.352 e. The predicted octanol–water partition coefficient (Wildman–Crippen LogP) is 0.593. The van der Waals surface area contributed by atoms with Gasteiger partial charge in [0, 0.05) is 30.7 Å². The maximum Gasteiger partial charge on any atom is 0.243 e. The van der Waals surface area contributed by atoms with E-state index in [4.69, 9.17) is 5.73 Å². The zero-order valence-electron chi connectivity index (χ0n) is 17.1. The molecule has 1 fully saturated rings. The second-order valence-electron chi connectivity index (χ2n) is 7.40. The van der Waals surface area contributed by atoms with Crippen LogP contribution in [0.4, 0.5) is 5.82 Å². The summed E-state index contributed by atoms with van der Waals surface area (Å²) in [6.45, 7) is 4.18. The van der Waals surface area contributed by atoms with Crippen molar-refractivity contribution in [3.63, 3.8) is 0 Å². The van der Waals surface area contributed by atoms with Crippen molar-refractivity contribution in [3.05, 3.63) is 36.0 Å². The fourth-order valence-electron chi connectivity index (χ4n) is 3.81. The number of hydrogen-bond donors (Lipinski definition) is 3. The van der Waals surface area contributed by atoms with Crippen LogP contribution >= 0.6 is 0 Å². The first-order chi connectivity index (χ1) is 14.3. The van der Waals surface area contributed by atoms with Crippen LogP contribution in [0.2, 0.25) is 0 Å². The Labute approximate surface area is 177 Å². The van der Waals surface area contributed by atoms with Gasteiger partial charge in [0.1, 0.15) is 11.2 Å². The van der Waals surface area contributed by atoms with Gasteiger partial charge >= 0.3 is 0 Å². The van der Waals surface area contributed by atoms with Crippen molar-refractivity contribution >= 4 is 39.5 Å². The molecule has 1 saturated heterocycles. The Balaban J connectivity index is 1.90. The van der Waals surface area contributed by atoms with Crippen molar-refractivity contribution < 1.29 is 18.4 Å². The van der Waals surface area contributed by atoms with Crippen molar-refractivity contribution in [1.82, 2.24) is 15.2 Å². The SMILES string of the molecule is Cc1cnc(N2CC[C@H](S(=O)O)N(C(=O)CNC(=O)CN)CC2C)c2ccccc12. The quantitative estimate of drug-likeness (QED) is 0.589. The monoisotopic (exact) mass is 433 g/mol. The number of anilines is 1. The molecule has 1 aromatic heterocycles. The number of fused-ring (bicyclic) bond motifs is 1. The zero-order chi connectivity index (χ0) is 21.8. The van der Waals surface area contributed by atoms with Crippen molar-refractivity contribution in [2.45, 2.75) is 31.7 Å². The summed E-state index contributed by atoms with van der Waals surface area (Å²) in [5.74, 6) is -0.0821. The highest BCUT2D eigenvalue weighted by atomic mass is 32.2. The molecule has 3 atom stereocenters. The molecule has 4 N–H and O–H groups in total. The van der Waals surface area contributed by atoms with Gasteiger partial charge in [0.05, 0.1) is 13.1 Å². The third-order valence-electron chi connectivity index (χ3n) is 5.38. The average Bonchev–Trinajstić information content (AvgIpc) is 2.91. The first-order valence-electron chi connectivity index (χ1n) is 9.80. The Morgan fingerprint density at radius 2 is 2.03 bits per heavy atom. The summed E-state index contributed by atoms with van der Waals surface area (Å²) in [7, 11) is 0. The summed E-state index contributed by atoms with van der Waals surface area (Å²) >= 11 is -2.23. The molecule has 3 rings (SSSR count). The Morgan fingerprint density at radius 3 is 2.70 bits per heavy atom. The van der Waals surface area contributed by atoms with Gasteiger partial charge in [0.15, 0.2) is 11.1 Å². The molecular formula is C20H27N5O4S. The van der Waals surface area contributed by atoms with Crippen molar-refractivity contribution in [3.8, 4) is 0 Å². The van der Waals surface area contributed by atoms with Gasteiger partial charge in [-0.25, -0.2) is 9.19 Å². The number of nitrogens with one attached hydrogen (secondary N) is 1. The highest BCUT2D eigenvalue weighted by Gasteiger charge is 2.35. The molecule has 30 heavy (non-hydrogen) atoms. The lowest BCUT2D eigenvalue weighted by Crippen LogP contribution is -2.50. The average molecular weight is 434 g/mol. The molecule has 1 aromatic carbocycles. The molecule has 0 bridgehead atoms. The Hall–Kier alpha value is -2.56. The topological polar surface area (TPSA) is 129 Å². The number of hydrogen-bond acceptors (Lipinski definition) is 6. The second-order valence-corrected chi connectivity index (χ2v) is 8.50. The minimum atomic E-state index is -2.23. The van der Waals surface area contributed by atoms with E-state index in [1.165, 1.54) is 4.90 Å². The standard InChI is InChI=1S/C20H27N5O4S/c1-13-10-23-20(16-6-4-3-5-15(13)16)24-8-7-19(30(28)29)25(12-14(24)2)18(27)11-22-17(26)9-21/h3-6,10,14,19H,7-9,11-12,21H2,1-2H3,(H,22,26)(H,28,29)/t14?,19-/m0/s1. The molecule has 2 aromatic rings. The number of benzene rings is 1. The Kier molecular flexibility index (Phi) is 7.01. The summed E-state index contributed by atoms with van der Waals surface area (Å²) in [5.41, 5.74) is 6.33. The minimum absolute atomic E-state index is 0.147. The Bertz CT molecular complexity index is 969. The molecule has 1 aliphatic rings. The molecule has 2 amide bonds. The molecule has 2 unspecified atom stereocenters. The first kappa shape index (κ1) is 22.1. The maximum absolute atomic E-state index is 12.7. The van der Waals surface area contributed by atoms with Crippen LogP contribution in [0.25, 0.3) is 10.8 Å². The van der Waals surface area contributed by atoms with Gasteiger partial charge in [0.25, 0.3) is 0 Å². The van der Waals surface area contributed by atoms with Gasteiger partial charge in [-0.1, -0.05) is 24.3 Å². The van der Waals surface area contributed by atoms with E-state index in [0.29, 0.717) is 13.0 Å². The van der Waals surface area contributed by atoms with E-state index in [1.807, 2.05) is 44.3 Å². The van der Waals surface area contributed by atoms with Gasteiger partial charge in [-0.2, -0.15) is 0 Å². The van der Waals surface area contributed by atoms with Gasteiger partial charge in [-0.05, 0) is 31.2 Å². The van der Waals surface area contributed by atoms with Gasteiger partial charge < -0.3 is 25.4 Å². The number of pyridine rings is 1. The van der Waals surface area contributed by atoms with E-state index in [1.54, 1.807) is 0 Å². The third-order valence-corrected chi connectivity index (χ3v) is 6.33. The minimum Gasteiger partial charge on any atom is -0.352 e. The Morgan fingerprint density at radius 1 is 1.33 bits per heavy atom. The lowest BCUT2D eigenvalue weighted by atomic mass is 10.1. The summed E-state index contributed by atoms with van der Waals surface area (Å²) in [6.07, 6.45) is 2.12. The van der Waals surface area contributed by atoms with E-state index in [9.17, 15) is 18.4 Å². The molecule has 0 aliphatic carbocycles. The van der Waals surface area contributed by atoms with Crippen LogP contribution in [0.15, 0.2) is 30.5 Å².